The number of halogens is 1. The number of aliphatic hydroxyl groups is 1. The van der Waals surface area contributed by atoms with Gasteiger partial charge in [-0.2, -0.15) is 0 Å². The van der Waals surface area contributed by atoms with Crippen LogP contribution in [0.5, 0.6) is 11.5 Å². The van der Waals surface area contributed by atoms with Crippen LogP contribution in [0.3, 0.4) is 0 Å². The molecule has 2 aromatic carbocycles. The highest BCUT2D eigenvalue weighted by Gasteiger charge is 2.22. The molecule has 1 aromatic heterocycles. The number of para-hydroxylation sites is 1. The van der Waals surface area contributed by atoms with E-state index in [4.69, 9.17) is 9.15 Å². The van der Waals surface area contributed by atoms with Gasteiger partial charge < -0.3 is 29.0 Å². The van der Waals surface area contributed by atoms with Crippen molar-refractivity contribution in [1.82, 2.24) is 0 Å². The minimum Gasteiger partial charge on any atom is -0.505 e. The van der Waals surface area contributed by atoms with Gasteiger partial charge in [0, 0.05) is 24.7 Å². The van der Waals surface area contributed by atoms with Crippen LogP contribution < -0.4 is 9.64 Å². The molecule has 29 heavy (non-hydrogen) atoms. The van der Waals surface area contributed by atoms with Crippen molar-refractivity contribution < 1.29 is 28.9 Å². The van der Waals surface area contributed by atoms with Gasteiger partial charge in [0.05, 0.1) is 42.4 Å². The molecule has 1 heterocycles. The predicted octanol–water partition coefficient (Wildman–Crippen LogP) is 3.79. The number of hydrogen-bond acceptors (Lipinski definition) is 7. The Hall–Kier alpha value is -2.71. The SMILES string of the molecule is COC(=O)Cc1cccc(N(C)CC(O)c2cc(Br)c3occc3c2OC)c1O. The summed E-state index contributed by atoms with van der Waals surface area (Å²) >= 11 is 3.46. The maximum atomic E-state index is 11.6. The predicted molar refractivity (Wildman–Crippen MR) is 113 cm³/mol. The molecule has 0 saturated heterocycles. The lowest BCUT2D eigenvalue weighted by Gasteiger charge is -2.25. The lowest BCUT2D eigenvalue weighted by atomic mass is 10.0. The van der Waals surface area contributed by atoms with Crippen molar-refractivity contribution in [3.05, 3.63) is 52.2 Å². The molecule has 1 atom stereocenters. The Bertz CT molecular complexity index is 1030. The number of nitrogens with zero attached hydrogens (tertiary/aromatic N) is 1. The van der Waals surface area contributed by atoms with Gasteiger partial charge in [-0.1, -0.05) is 12.1 Å². The molecule has 0 saturated carbocycles. The van der Waals surface area contributed by atoms with Gasteiger partial charge in [0.15, 0.2) is 5.58 Å². The van der Waals surface area contributed by atoms with E-state index >= 15 is 0 Å². The summed E-state index contributed by atoms with van der Waals surface area (Å²) in [6.45, 7) is 0.182. The summed E-state index contributed by atoms with van der Waals surface area (Å²) < 4.78 is 16.3. The third-order valence-corrected chi connectivity index (χ3v) is 5.34. The molecule has 0 spiro atoms. The average Bonchev–Trinajstić information content (AvgIpc) is 3.19. The molecule has 3 aromatic rings. The van der Waals surface area contributed by atoms with Crippen molar-refractivity contribution in [3.8, 4) is 11.5 Å². The monoisotopic (exact) mass is 463 g/mol. The van der Waals surface area contributed by atoms with Crippen LogP contribution in [0.25, 0.3) is 11.0 Å². The zero-order valence-electron chi connectivity index (χ0n) is 16.3. The van der Waals surface area contributed by atoms with Crippen molar-refractivity contribution >= 4 is 38.6 Å². The van der Waals surface area contributed by atoms with Crippen LogP contribution >= 0.6 is 15.9 Å². The van der Waals surface area contributed by atoms with Crippen LogP contribution in [-0.4, -0.2) is 44.0 Å². The van der Waals surface area contributed by atoms with Crippen LogP contribution in [0.4, 0.5) is 5.69 Å². The van der Waals surface area contributed by atoms with Crippen molar-refractivity contribution in [2.45, 2.75) is 12.5 Å². The van der Waals surface area contributed by atoms with Gasteiger partial charge >= 0.3 is 5.97 Å². The Balaban J connectivity index is 1.88. The molecule has 154 valence electrons. The van der Waals surface area contributed by atoms with Gasteiger partial charge in [0.25, 0.3) is 0 Å². The molecule has 0 amide bonds. The van der Waals surface area contributed by atoms with E-state index in [2.05, 4.69) is 20.7 Å². The second-order valence-corrected chi connectivity index (χ2v) is 7.43. The lowest BCUT2D eigenvalue weighted by molar-refractivity contribution is -0.139. The summed E-state index contributed by atoms with van der Waals surface area (Å²) in [6, 6.07) is 8.66. The van der Waals surface area contributed by atoms with Crippen LogP contribution in [0.2, 0.25) is 0 Å². The summed E-state index contributed by atoms with van der Waals surface area (Å²) in [7, 11) is 4.59. The van der Waals surface area contributed by atoms with E-state index in [1.54, 1.807) is 48.5 Å². The maximum absolute atomic E-state index is 11.6. The zero-order valence-corrected chi connectivity index (χ0v) is 17.9. The van der Waals surface area contributed by atoms with Gasteiger partial charge in [-0.15, -0.1) is 0 Å². The van der Waals surface area contributed by atoms with E-state index in [0.29, 0.717) is 32.6 Å². The first-order valence-corrected chi connectivity index (χ1v) is 9.67. The highest BCUT2D eigenvalue weighted by atomic mass is 79.9. The number of aromatic hydroxyl groups is 1. The second kappa shape index (κ2) is 8.75. The number of aliphatic hydroxyl groups excluding tert-OH is 1. The van der Waals surface area contributed by atoms with E-state index in [1.165, 1.54) is 14.2 Å². The molecule has 0 aliphatic heterocycles. The van der Waals surface area contributed by atoms with Gasteiger partial charge in [0.1, 0.15) is 17.6 Å². The van der Waals surface area contributed by atoms with Crippen molar-refractivity contribution in [1.29, 1.82) is 0 Å². The number of anilines is 1. The first-order valence-electron chi connectivity index (χ1n) is 8.87. The van der Waals surface area contributed by atoms with E-state index in [1.807, 2.05) is 0 Å². The second-order valence-electron chi connectivity index (χ2n) is 6.58. The quantitative estimate of drug-likeness (QED) is 0.514. The molecule has 2 N–H and O–H groups in total. The number of esters is 1. The van der Waals surface area contributed by atoms with Gasteiger partial charge in [-0.3, -0.25) is 4.79 Å². The van der Waals surface area contributed by atoms with Crippen LogP contribution in [0, 0.1) is 0 Å². The van der Waals surface area contributed by atoms with Gasteiger partial charge in [-0.05, 0) is 34.1 Å². The minimum atomic E-state index is -0.908. The number of ether oxygens (including phenoxy) is 2. The van der Waals surface area contributed by atoms with Gasteiger partial charge in [0.2, 0.25) is 0 Å². The molecular weight excluding hydrogens is 442 g/mol. The fourth-order valence-corrected chi connectivity index (χ4v) is 3.84. The highest BCUT2D eigenvalue weighted by Crippen LogP contribution is 2.40. The number of rotatable bonds is 7. The molecule has 0 aliphatic rings. The molecule has 0 bridgehead atoms. The summed E-state index contributed by atoms with van der Waals surface area (Å²) in [5.74, 6) is 0.0654. The van der Waals surface area contributed by atoms with Crippen LogP contribution in [-0.2, 0) is 16.0 Å². The third-order valence-electron chi connectivity index (χ3n) is 4.75. The molecule has 0 fully saturated rings. The van der Waals surface area contributed by atoms with E-state index in [-0.39, 0.29) is 18.7 Å². The average molecular weight is 464 g/mol. The number of hydrogen-bond donors (Lipinski definition) is 2. The lowest BCUT2D eigenvalue weighted by Crippen LogP contribution is -2.24. The number of phenols is 1. The summed E-state index contributed by atoms with van der Waals surface area (Å²) in [6.07, 6.45) is 0.615. The normalized spacial score (nSPS) is 12.0. The summed E-state index contributed by atoms with van der Waals surface area (Å²) in [4.78, 5) is 13.3. The van der Waals surface area contributed by atoms with E-state index in [9.17, 15) is 15.0 Å². The minimum absolute atomic E-state index is 0.0222. The molecule has 1 unspecified atom stereocenters. The number of fused-ring (bicyclic) bond motifs is 1. The smallest absolute Gasteiger partial charge is 0.310 e. The van der Waals surface area contributed by atoms with Crippen LogP contribution in [0.15, 0.2) is 45.5 Å². The fourth-order valence-electron chi connectivity index (χ4n) is 3.28. The number of carbonyl (C=O) groups excluding carboxylic acids is 1. The Morgan fingerprint density at radius 2 is 2.07 bits per heavy atom. The molecule has 0 aliphatic carbocycles. The topological polar surface area (TPSA) is 92.4 Å². The summed E-state index contributed by atoms with van der Waals surface area (Å²) in [5, 5.41) is 22.2. The maximum Gasteiger partial charge on any atom is 0.310 e. The number of benzene rings is 2. The number of likely N-dealkylation sites (N-methyl/N-ethyl adjacent to an activating group) is 1. The fraction of sp³-hybridized carbons (Fsp3) is 0.286. The Morgan fingerprint density at radius 3 is 2.76 bits per heavy atom. The number of furan rings is 1. The number of methoxy groups -OCH3 is 2. The highest BCUT2D eigenvalue weighted by molar-refractivity contribution is 9.10. The first-order chi connectivity index (χ1) is 13.9. The molecule has 8 heteroatoms. The summed E-state index contributed by atoms with van der Waals surface area (Å²) in [5.41, 5.74) is 2.17. The van der Waals surface area contributed by atoms with E-state index < -0.39 is 12.1 Å². The first kappa shape index (κ1) is 21.0. The van der Waals surface area contributed by atoms with Gasteiger partial charge in [-0.25, -0.2) is 0 Å². The Kier molecular flexibility index (Phi) is 6.34. The van der Waals surface area contributed by atoms with Crippen molar-refractivity contribution in [2.75, 3.05) is 32.7 Å². The molecule has 7 nitrogen and oxygen atoms in total. The number of phenolic OH excluding ortho intramolecular Hbond substituents is 1. The largest absolute Gasteiger partial charge is 0.505 e. The van der Waals surface area contributed by atoms with Crippen molar-refractivity contribution in [3.63, 3.8) is 0 Å². The van der Waals surface area contributed by atoms with E-state index in [0.717, 1.165) is 5.39 Å². The molecule has 3 rings (SSSR count). The molecular formula is C21H22BrNO6. The van der Waals surface area contributed by atoms with Crippen LogP contribution in [0.1, 0.15) is 17.2 Å². The molecule has 0 radical (unpaired) electrons. The Labute approximate surface area is 176 Å². The van der Waals surface area contributed by atoms with Crippen molar-refractivity contribution in [2.24, 2.45) is 0 Å². The zero-order chi connectivity index (χ0) is 21.1. The Morgan fingerprint density at radius 1 is 1.31 bits per heavy atom. The standard InChI is InChI=1S/C21H22BrNO6/c1-23(16-6-4-5-12(19(16)26)9-18(25)27-2)11-17(24)14-10-15(22)21-13(7-8-29-21)20(14)28-3/h4-8,10,17,24,26H,9,11H2,1-3H3. The number of carbonyl (C=O) groups is 1. The third kappa shape index (κ3) is 4.18.